The van der Waals surface area contributed by atoms with E-state index in [-0.39, 0.29) is 5.41 Å². The number of benzene rings is 6. The van der Waals surface area contributed by atoms with Crippen molar-refractivity contribution < 1.29 is 0 Å². The Bertz CT molecular complexity index is 1940. The van der Waals surface area contributed by atoms with Gasteiger partial charge >= 0.3 is 0 Å². The third-order valence-electron chi connectivity index (χ3n) is 8.72. The molecule has 0 aliphatic heterocycles. The Labute approximate surface area is 249 Å². The summed E-state index contributed by atoms with van der Waals surface area (Å²) in [5, 5.41) is 8.16. The monoisotopic (exact) mass is 557 g/mol. The molecule has 0 saturated heterocycles. The molecule has 0 radical (unpaired) electrons. The molecule has 0 fully saturated rings. The molecule has 7 rings (SSSR count). The van der Waals surface area contributed by atoms with Crippen LogP contribution in [0, 0.1) is 0 Å². The first-order valence-electron chi connectivity index (χ1n) is 14.8. The van der Waals surface area contributed by atoms with Gasteiger partial charge in [-0.05, 0) is 56.0 Å². The Kier molecular flexibility index (Phi) is 6.44. The molecule has 204 valence electrons. The van der Waals surface area contributed by atoms with E-state index in [1.54, 1.807) is 0 Å². The quantitative estimate of drug-likeness (QED) is 0.153. The molecule has 0 spiro atoms. The molecule has 0 aliphatic rings. The molecule has 0 aliphatic carbocycles. The minimum Gasteiger partial charge on any atom is -0.309 e. The smallest absolute Gasteiger partial charge is 0.179 e. The number of aromatic nitrogens is 1. The van der Waals surface area contributed by atoms with E-state index in [4.69, 9.17) is 0 Å². The fraction of sp³-hybridized carbons (Fsp3) is 0.100. The number of hydrogen-bond donors (Lipinski definition) is 0. The van der Waals surface area contributed by atoms with E-state index < -0.39 is 8.07 Å². The molecule has 0 saturated carbocycles. The number of para-hydroxylation sites is 2. The van der Waals surface area contributed by atoms with E-state index in [0.717, 1.165) is 0 Å². The third-order valence-corrected chi connectivity index (χ3v) is 13.5. The van der Waals surface area contributed by atoms with Gasteiger partial charge in [0, 0.05) is 16.5 Å². The summed E-state index contributed by atoms with van der Waals surface area (Å²) in [4.78, 5) is 0. The van der Waals surface area contributed by atoms with Crippen LogP contribution in [-0.2, 0) is 5.41 Å². The highest BCUT2D eigenvalue weighted by Gasteiger charge is 2.41. The number of rotatable bonds is 5. The first-order chi connectivity index (χ1) is 20.5. The molecule has 0 N–H and O–H groups in total. The summed E-state index contributed by atoms with van der Waals surface area (Å²) in [7, 11) is -2.67. The molecule has 0 amide bonds. The van der Waals surface area contributed by atoms with E-state index in [9.17, 15) is 0 Å². The molecule has 0 unspecified atom stereocenters. The molecule has 6 aromatic carbocycles. The van der Waals surface area contributed by atoms with Gasteiger partial charge in [-0.3, -0.25) is 0 Å². The maximum absolute atomic E-state index is 2.67. The maximum Gasteiger partial charge on any atom is 0.179 e. The van der Waals surface area contributed by atoms with Crippen LogP contribution >= 0.6 is 0 Å². The maximum atomic E-state index is 2.50. The molecule has 1 heterocycles. The lowest BCUT2D eigenvalue weighted by molar-refractivity contribution is 0.590. The Hall–Kier alpha value is -4.66. The van der Waals surface area contributed by atoms with Crippen molar-refractivity contribution in [2.45, 2.75) is 26.2 Å². The van der Waals surface area contributed by atoms with E-state index in [1.165, 1.54) is 53.8 Å². The summed E-state index contributed by atoms with van der Waals surface area (Å²) in [6, 6.07) is 58.7. The van der Waals surface area contributed by atoms with Gasteiger partial charge in [-0.25, -0.2) is 0 Å². The SMILES string of the molecule is CC(C)(C)c1ccc([Si](c2ccccc2)(c2ccccc2)c2ccc3c(c2)c2ccccc2n3-c2ccccc2)cc1. The van der Waals surface area contributed by atoms with Crippen molar-refractivity contribution >= 4 is 50.6 Å². The van der Waals surface area contributed by atoms with Crippen LogP contribution in [0.25, 0.3) is 27.5 Å². The van der Waals surface area contributed by atoms with Crippen molar-refractivity contribution in [3.8, 4) is 5.69 Å². The van der Waals surface area contributed by atoms with Crippen molar-refractivity contribution in [2.24, 2.45) is 0 Å². The zero-order valence-corrected chi connectivity index (χ0v) is 25.5. The van der Waals surface area contributed by atoms with Crippen LogP contribution in [0.15, 0.2) is 158 Å². The minimum absolute atomic E-state index is 0.0976. The molecule has 0 bridgehead atoms. The minimum atomic E-state index is -2.67. The van der Waals surface area contributed by atoms with Gasteiger partial charge in [-0.15, -0.1) is 0 Å². The Balaban J connectivity index is 1.58. The molecule has 1 aromatic heterocycles. The van der Waals surface area contributed by atoms with Gasteiger partial charge < -0.3 is 4.57 Å². The predicted octanol–water partition coefficient (Wildman–Crippen LogP) is 7.46. The topological polar surface area (TPSA) is 4.93 Å². The predicted molar refractivity (Wildman–Crippen MR) is 183 cm³/mol. The molecule has 2 heteroatoms. The van der Waals surface area contributed by atoms with Crippen LogP contribution in [0.1, 0.15) is 26.3 Å². The van der Waals surface area contributed by atoms with Gasteiger partial charge in [0.2, 0.25) is 0 Å². The van der Waals surface area contributed by atoms with Crippen molar-refractivity contribution in [3.05, 3.63) is 163 Å². The average Bonchev–Trinajstić information content (AvgIpc) is 3.37. The van der Waals surface area contributed by atoms with Crippen LogP contribution in [0.2, 0.25) is 0 Å². The second-order valence-electron chi connectivity index (χ2n) is 12.2. The standard InChI is InChI=1S/C40H35NSi/c1-40(2,3)30-23-25-34(26-24-30)42(32-17-9-5-10-18-32,33-19-11-6-12-20-33)35-27-28-39-37(29-35)36-21-13-14-22-38(36)41(39)31-15-7-4-8-16-31/h4-29H,1-3H3. The summed E-state index contributed by atoms with van der Waals surface area (Å²) in [6.07, 6.45) is 0. The van der Waals surface area contributed by atoms with Crippen molar-refractivity contribution in [1.82, 2.24) is 4.57 Å². The van der Waals surface area contributed by atoms with E-state index >= 15 is 0 Å². The Morgan fingerprint density at radius 3 is 1.50 bits per heavy atom. The largest absolute Gasteiger partial charge is 0.309 e. The summed E-state index contributed by atoms with van der Waals surface area (Å²) in [5.74, 6) is 0. The lowest BCUT2D eigenvalue weighted by Crippen LogP contribution is -2.74. The Morgan fingerprint density at radius 2 is 0.905 bits per heavy atom. The fourth-order valence-electron chi connectivity index (χ4n) is 6.66. The van der Waals surface area contributed by atoms with Gasteiger partial charge in [0.15, 0.2) is 8.07 Å². The summed E-state index contributed by atoms with van der Waals surface area (Å²) in [6.45, 7) is 6.87. The van der Waals surface area contributed by atoms with Gasteiger partial charge in [0.25, 0.3) is 0 Å². The van der Waals surface area contributed by atoms with Gasteiger partial charge in [-0.1, -0.05) is 154 Å². The fourth-order valence-corrected chi connectivity index (χ4v) is 11.4. The lowest BCUT2D eigenvalue weighted by Gasteiger charge is -2.35. The summed E-state index contributed by atoms with van der Waals surface area (Å²) < 4.78 is 2.40. The molecule has 1 nitrogen and oxygen atoms in total. The summed E-state index contributed by atoms with van der Waals surface area (Å²) >= 11 is 0. The van der Waals surface area contributed by atoms with Gasteiger partial charge in [-0.2, -0.15) is 0 Å². The number of hydrogen-bond acceptors (Lipinski definition) is 0. The zero-order valence-electron chi connectivity index (χ0n) is 24.5. The molecule has 7 aromatic rings. The first kappa shape index (κ1) is 26.2. The van der Waals surface area contributed by atoms with E-state index in [0.29, 0.717) is 0 Å². The van der Waals surface area contributed by atoms with Crippen LogP contribution in [0.4, 0.5) is 0 Å². The zero-order chi connectivity index (χ0) is 28.7. The highest BCUT2D eigenvalue weighted by atomic mass is 28.3. The van der Waals surface area contributed by atoms with E-state index in [1.807, 2.05) is 0 Å². The second kappa shape index (κ2) is 10.3. The molecule has 0 atom stereocenters. The number of nitrogens with zero attached hydrogens (tertiary/aromatic N) is 1. The van der Waals surface area contributed by atoms with Crippen molar-refractivity contribution in [1.29, 1.82) is 0 Å². The number of fused-ring (bicyclic) bond motifs is 3. The van der Waals surface area contributed by atoms with Gasteiger partial charge in [0.1, 0.15) is 0 Å². The van der Waals surface area contributed by atoms with Crippen molar-refractivity contribution in [2.75, 3.05) is 0 Å². The van der Waals surface area contributed by atoms with Crippen LogP contribution < -0.4 is 20.7 Å². The normalized spacial score (nSPS) is 12.2. The first-order valence-corrected chi connectivity index (χ1v) is 16.8. The van der Waals surface area contributed by atoms with Crippen molar-refractivity contribution in [3.63, 3.8) is 0 Å². The summed E-state index contributed by atoms with van der Waals surface area (Å²) in [5.41, 5.74) is 5.11. The molecule has 42 heavy (non-hydrogen) atoms. The van der Waals surface area contributed by atoms with Crippen LogP contribution in [0.5, 0.6) is 0 Å². The molecular formula is C40H35NSi. The van der Waals surface area contributed by atoms with E-state index in [2.05, 4.69) is 183 Å². The lowest BCUT2D eigenvalue weighted by atomic mass is 9.87. The van der Waals surface area contributed by atoms with Gasteiger partial charge in [0.05, 0.1) is 11.0 Å². The average molecular weight is 558 g/mol. The molecular weight excluding hydrogens is 523 g/mol. The second-order valence-corrected chi connectivity index (χ2v) is 16.0. The van der Waals surface area contributed by atoms with Crippen LogP contribution in [-0.4, -0.2) is 12.6 Å². The highest BCUT2D eigenvalue weighted by molar-refractivity contribution is 7.20. The Morgan fingerprint density at radius 1 is 0.429 bits per heavy atom. The van der Waals surface area contributed by atoms with Crippen LogP contribution in [0.3, 0.4) is 0 Å². The highest BCUT2D eigenvalue weighted by Crippen LogP contribution is 2.32. The third kappa shape index (κ3) is 4.22.